The van der Waals surface area contributed by atoms with Gasteiger partial charge in [-0.2, -0.15) is 5.10 Å². The van der Waals surface area contributed by atoms with E-state index in [1.165, 1.54) is 0 Å². The Kier molecular flexibility index (Phi) is 1.56. The predicted molar refractivity (Wildman–Crippen MR) is 43.6 cm³/mol. The first-order valence-electron chi connectivity index (χ1n) is 3.51. The van der Waals surface area contributed by atoms with Crippen molar-refractivity contribution in [2.45, 2.75) is 18.9 Å². The lowest BCUT2D eigenvalue weighted by atomic mass is 10.4. The van der Waals surface area contributed by atoms with Gasteiger partial charge in [-0.05, 0) is 28.8 Å². The molecule has 0 saturated heterocycles. The molecular weight excluding hydrogens is 208 g/mol. The summed E-state index contributed by atoms with van der Waals surface area (Å²) in [7, 11) is 0. The predicted octanol–water partition coefficient (Wildman–Crippen LogP) is 1.79. The lowest BCUT2D eigenvalue weighted by Crippen LogP contribution is -2.00. The monoisotopic (exact) mass is 214 g/mol. The van der Waals surface area contributed by atoms with Crippen LogP contribution in [0.4, 0.5) is 0 Å². The van der Waals surface area contributed by atoms with Crippen LogP contribution in [0, 0.1) is 0 Å². The molecule has 4 heteroatoms. The van der Waals surface area contributed by atoms with Gasteiger partial charge in [0.05, 0.1) is 16.7 Å². The largest absolute Gasteiger partial charge is 0.296 e. The van der Waals surface area contributed by atoms with Gasteiger partial charge in [0.25, 0.3) is 0 Å². The molecule has 2 rings (SSSR count). The third-order valence-corrected chi connectivity index (χ3v) is 2.40. The van der Waals surface area contributed by atoms with Crippen LogP contribution < -0.4 is 0 Å². The molecular formula is C7H7BrN2O. The quantitative estimate of drug-likeness (QED) is 0.705. The highest BCUT2D eigenvalue weighted by Gasteiger charge is 2.27. The van der Waals surface area contributed by atoms with Gasteiger partial charge in [-0.1, -0.05) is 0 Å². The van der Waals surface area contributed by atoms with Gasteiger partial charge in [0.15, 0.2) is 6.29 Å². The molecule has 1 aliphatic carbocycles. The first-order chi connectivity index (χ1) is 5.33. The van der Waals surface area contributed by atoms with E-state index in [2.05, 4.69) is 21.0 Å². The highest BCUT2D eigenvalue weighted by molar-refractivity contribution is 9.10. The molecule has 1 aromatic heterocycles. The second-order valence-electron chi connectivity index (χ2n) is 2.67. The summed E-state index contributed by atoms with van der Waals surface area (Å²) in [6, 6.07) is 0.474. The number of carbonyl (C=O) groups excluding carboxylic acids is 1. The maximum absolute atomic E-state index is 10.6. The Morgan fingerprint density at radius 2 is 2.45 bits per heavy atom. The molecule has 0 aromatic carbocycles. The van der Waals surface area contributed by atoms with Crippen molar-refractivity contribution in [3.63, 3.8) is 0 Å². The van der Waals surface area contributed by atoms with Crippen LogP contribution in [0.5, 0.6) is 0 Å². The maximum Gasteiger partial charge on any atom is 0.169 e. The van der Waals surface area contributed by atoms with Crippen LogP contribution in [-0.2, 0) is 0 Å². The molecule has 3 nitrogen and oxygen atoms in total. The average Bonchev–Trinajstić information content (AvgIpc) is 2.76. The zero-order valence-electron chi connectivity index (χ0n) is 5.83. The molecule has 11 heavy (non-hydrogen) atoms. The third kappa shape index (κ3) is 1.11. The fourth-order valence-corrected chi connectivity index (χ4v) is 1.44. The van der Waals surface area contributed by atoms with Crippen molar-refractivity contribution in [2.24, 2.45) is 0 Å². The van der Waals surface area contributed by atoms with E-state index in [1.807, 2.05) is 0 Å². The van der Waals surface area contributed by atoms with Crippen molar-refractivity contribution >= 4 is 22.2 Å². The standard InChI is InChI=1S/C7H7BrN2O/c8-6-3-9-10(5-1-2-5)7(6)4-11/h3-5H,1-2H2. The number of hydrogen-bond donors (Lipinski definition) is 0. The van der Waals surface area contributed by atoms with Crippen LogP contribution in [0.3, 0.4) is 0 Å². The van der Waals surface area contributed by atoms with E-state index in [1.54, 1.807) is 10.9 Å². The van der Waals surface area contributed by atoms with Gasteiger partial charge in [-0.25, -0.2) is 0 Å². The molecule has 1 fully saturated rings. The van der Waals surface area contributed by atoms with Gasteiger partial charge >= 0.3 is 0 Å². The van der Waals surface area contributed by atoms with E-state index in [4.69, 9.17) is 0 Å². The molecule has 0 bridgehead atoms. The first-order valence-corrected chi connectivity index (χ1v) is 4.30. The number of hydrogen-bond acceptors (Lipinski definition) is 2. The smallest absolute Gasteiger partial charge is 0.169 e. The summed E-state index contributed by atoms with van der Waals surface area (Å²) in [4.78, 5) is 10.6. The zero-order chi connectivity index (χ0) is 7.84. The lowest BCUT2D eigenvalue weighted by Gasteiger charge is -1.97. The summed E-state index contributed by atoms with van der Waals surface area (Å²) in [5.74, 6) is 0. The summed E-state index contributed by atoms with van der Waals surface area (Å²) in [5, 5.41) is 4.09. The van der Waals surface area contributed by atoms with Gasteiger partial charge in [-0.3, -0.25) is 9.48 Å². The Labute approximate surface area is 72.5 Å². The molecule has 1 aromatic rings. The van der Waals surface area contributed by atoms with E-state index < -0.39 is 0 Å². The highest BCUT2D eigenvalue weighted by Crippen LogP contribution is 2.36. The van der Waals surface area contributed by atoms with E-state index in [0.717, 1.165) is 23.6 Å². The van der Waals surface area contributed by atoms with Crippen molar-refractivity contribution in [1.82, 2.24) is 9.78 Å². The maximum atomic E-state index is 10.6. The molecule has 0 aliphatic heterocycles. The van der Waals surface area contributed by atoms with Crippen LogP contribution in [0.1, 0.15) is 29.4 Å². The summed E-state index contributed by atoms with van der Waals surface area (Å²) < 4.78 is 2.58. The first kappa shape index (κ1) is 7.03. The van der Waals surface area contributed by atoms with E-state index in [0.29, 0.717) is 11.7 Å². The molecule has 0 atom stereocenters. The minimum atomic E-state index is 0.474. The Balaban J connectivity index is 2.44. The van der Waals surface area contributed by atoms with Crippen LogP contribution in [-0.4, -0.2) is 16.1 Å². The molecule has 1 saturated carbocycles. The van der Waals surface area contributed by atoms with Crippen molar-refractivity contribution in [1.29, 1.82) is 0 Å². The number of aromatic nitrogens is 2. The summed E-state index contributed by atoms with van der Waals surface area (Å²) >= 11 is 3.26. The summed E-state index contributed by atoms with van der Waals surface area (Å²) in [5.41, 5.74) is 0.660. The Bertz CT molecular complexity index is 291. The lowest BCUT2D eigenvalue weighted by molar-refractivity contribution is 0.111. The average molecular weight is 215 g/mol. The topological polar surface area (TPSA) is 34.9 Å². The number of rotatable bonds is 2. The van der Waals surface area contributed by atoms with Crippen molar-refractivity contribution < 1.29 is 4.79 Å². The van der Waals surface area contributed by atoms with Crippen LogP contribution in [0.2, 0.25) is 0 Å². The number of nitrogens with zero attached hydrogens (tertiary/aromatic N) is 2. The summed E-state index contributed by atoms with van der Waals surface area (Å²) in [6.45, 7) is 0. The second-order valence-corrected chi connectivity index (χ2v) is 3.53. The number of aldehydes is 1. The molecule has 0 N–H and O–H groups in total. The van der Waals surface area contributed by atoms with Crippen LogP contribution in [0.15, 0.2) is 10.7 Å². The Morgan fingerprint density at radius 1 is 1.73 bits per heavy atom. The normalized spacial score (nSPS) is 16.8. The van der Waals surface area contributed by atoms with E-state index in [9.17, 15) is 4.79 Å². The van der Waals surface area contributed by atoms with Gasteiger partial charge in [0, 0.05) is 0 Å². The van der Waals surface area contributed by atoms with Gasteiger partial charge in [-0.15, -0.1) is 0 Å². The Hall–Kier alpha value is -0.640. The SMILES string of the molecule is O=Cc1c(Br)cnn1C1CC1. The Morgan fingerprint density at radius 3 is 3.00 bits per heavy atom. The van der Waals surface area contributed by atoms with E-state index in [-0.39, 0.29) is 0 Å². The number of halogens is 1. The van der Waals surface area contributed by atoms with Gasteiger partial charge in [0.2, 0.25) is 0 Å². The molecule has 0 spiro atoms. The van der Waals surface area contributed by atoms with Crippen LogP contribution in [0.25, 0.3) is 0 Å². The molecule has 0 unspecified atom stereocenters. The van der Waals surface area contributed by atoms with Crippen LogP contribution >= 0.6 is 15.9 Å². The van der Waals surface area contributed by atoms with Gasteiger partial charge in [0.1, 0.15) is 5.69 Å². The van der Waals surface area contributed by atoms with Gasteiger partial charge < -0.3 is 0 Å². The van der Waals surface area contributed by atoms with Crippen molar-refractivity contribution in [2.75, 3.05) is 0 Å². The zero-order valence-corrected chi connectivity index (χ0v) is 7.41. The second kappa shape index (κ2) is 2.44. The summed E-state index contributed by atoms with van der Waals surface area (Å²) in [6.07, 6.45) is 4.81. The molecule has 0 radical (unpaired) electrons. The minimum Gasteiger partial charge on any atom is -0.296 e. The van der Waals surface area contributed by atoms with E-state index >= 15 is 0 Å². The molecule has 1 heterocycles. The molecule has 0 amide bonds. The molecule has 58 valence electrons. The van der Waals surface area contributed by atoms with Crippen molar-refractivity contribution in [3.05, 3.63) is 16.4 Å². The third-order valence-electron chi connectivity index (χ3n) is 1.79. The minimum absolute atomic E-state index is 0.474. The fraction of sp³-hybridized carbons (Fsp3) is 0.429. The fourth-order valence-electron chi connectivity index (χ4n) is 1.07. The molecule has 1 aliphatic rings. The highest BCUT2D eigenvalue weighted by atomic mass is 79.9. The number of carbonyl (C=O) groups is 1. The van der Waals surface area contributed by atoms with Crippen molar-refractivity contribution in [3.8, 4) is 0 Å².